The molecule has 0 unspecified atom stereocenters. The molecule has 1 heterocycles. The van der Waals surface area contributed by atoms with Crippen LogP contribution in [0.1, 0.15) is 0 Å². The number of pyridine rings is 1. The molecule has 0 aromatic carbocycles. The molecule has 10 heteroatoms. The first-order chi connectivity index (χ1) is 7.30. The monoisotopic (exact) mass is 208 g/mol. The first-order valence-electron chi connectivity index (χ1n) is 3.65. The van der Waals surface area contributed by atoms with Crippen LogP contribution in [0.4, 0.5) is 17.3 Å². The van der Waals surface area contributed by atoms with Gasteiger partial charge >= 0.3 is 0 Å². The molecule has 0 aliphatic carbocycles. The molecule has 0 radical (unpaired) electrons. The Balaban J connectivity index is 3.19. The van der Waals surface area contributed by atoms with Crippen LogP contribution in [0.3, 0.4) is 0 Å². The summed E-state index contributed by atoms with van der Waals surface area (Å²) in [6.07, 6.45) is 0. The summed E-state index contributed by atoms with van der Waals surface area (Å²) in [6, 6.07) is 2.92. The molecule has 0 saturated carbocycles. The van der Waals surface area contributed by atoms with E-state index in [0.29, 0.717) is 5.69 Å². The van der Waals surface area contributed by atoms with E-state index < -0.39 is 0 Å². The fourth-order valence-electron chi connectivity index (χ4n) is 0.833. The van der Waals surface area contributed by atoms with E-state index >= 15 is 0 Å². The molecule has 0 amide bonds. The third-order valence-electron chi connectivity index (χ3n) is 1.28. The molecule has 0 aliphatic heterocycles. The van der Waals surface area contributed by atoms with Gasteiger partial charge in [-0.2, -0.15) is 0 Å². The Labute approximate surface area is 83.9 Å². The van der Waals surface area contributed by atoms with E-state index in [1.54, 1.807) is 0 Å². The van der Waals surface area contributed by atoms with Gasteiger partial charge in [-0.05, 0) is 0 Å². The Kier molecular flexibility index (Phi) is 3.59. The SMILES string of the molecule is NN=Nc1cc(N=NN)nc(N=NN)c1. The molecule has 1 aromatic heterocycles. The number of nitrogens with two attached hydrogens (primary N) is 3. The lowest BCUT2D eigenvalue weighted by Crippen LogP contribution is -1.81. The largest absolute Gasteiger partial charge is 0.305 e. The Morgan fingerprint density at radius 2 is 1.27 bits per heavy atom. The van der Waals surface area contributed by atoms with Crippen molar-refractivity contribution in [2.45, 2.75) is 0 Å². The molecule has 78 valence electrons. The van der Waals surface area contributed by atoms with Gasteiger partial charge in [0.25, 0.3) is 0 Å². The lowest BCUT2D eigenvalue weighted by Gasteiger charge is -1.95. The van der Waals surface area contributed by atoms with E-state index in [0.717, 1.165) is 0 Å². The molecule has 0 spiro atoms. The predicted octanol–water partition coefficient (Wildman–Crippen LogP) is 0.954. The standard InChI is InChI=1S/C5H8N10/c6-13-10-3-1-4(11-14-7)9-5(2-3)12-15-8/h1-2H,(H6,6,7,8,9,10,11,12). The number of rotatable bonds is 3. The molecule has 0 aliphatic rings. The van der Waals surface area contributed by atoms with Crippen molar-refractivity contribution in [3.05, 3.63) is 12.1 Å². The van der Waals surface area contributed by atoms with Crippen molar-refractivity contribution >= 4 is 17.3 Å². The lowest BCUT2D eigenvalue weighted by molar-refractivity contribution is 0.996. The minimum Gasteiger partial charge on any atom is -0.305 e. The van der Waals surface area contributed by atoms with E-state index in [1.807, 2.05) is 0 Å². The maximum absolute atomic E-state index is 4.89. The van der Waals surface area contributed by atoms with Crippen LogP contribution in [0.5, 0.6) is 0 Å². The zero-order valence-electron chi connectivity index (χ0n) is 7.52. The van der Waals surface area contributed by atoms with Crippen LogP contribution < -0.4 is 17.5 Å². The highest BCUT2D eigenvalue weighted by molar-refractivity contribution is 5.52. The quantitative estimate of drug-likeness (QED) is 0.382. The summed E-state index contributed by atoms with van der Waals surface area (Å²) in [6.45, 7) is 0. The Morgan fingerprint density at radius 3 is 1.67 bits per heavy atom. The Bertz CT molecular complexity index is 332. The Morgan fingerprint density at radius 1 is 0.800 bits per heavy atom. The number of aromatic nitrogens is 1. The molecule has 10 nitrogen and oxygen atoms in total. The summed E-state index contributed by atoms with van der Waals surface area (Å²) in [7, 11) is 0. The predicted molar refractivity (Wildman–Crippen MR) is 50.3 cm³/mol. The smallest absolute Gasteiger partial charge is 0.180 e. The fourth-order valence-corrected chi connectivity index (χ4v) is 0.833. The van der Waals surface area contributed by atoms with E-state index in [9.17, 15) is 0 Å². The maximum atomic E-state index is 4.89. The summed E-state index contributed by atoms with van der Waals surface area (Å²) in [5.74, 6) is 15.0. The average molecular weight is 208 g/mol. The first-order valence-corrected chi connectivity index (χ1v) is 3.65. The van der Waals surface area contributed by atoms with E-state index in [1.165, 1.54) is 12.1 Å². The second-order valence-electron chi connectivity index (χ2n) is 2.19. The summed E-state index contributed by atoms with van der Waals surface area (Å²) in [5.41, 5.74) is 0.386. The third-order valence-corrected chi connectivity index (χ3v) is 1.28. The van der Waals surface area contributed by atoms with Gasteiger partial charge in [-0.3, -0.25) is 0 Å². The second kappa shape index (κ2) is 5.16. The van der Waals surface area contributed by atoms with Gasteiger partial charge in [-0.15, -0.1) is 15.3 Å². The normalized spacial score (nSPS) is 12.0. The Hall–Kier alpha value is -2.65. The molecular formula is C5H8N10. The van der Waals surface area contributed by atoms with Crippen molar-refractivity contribution in [3.8, 4) is 0 Å². The van der Waals surface area contributed by atoms with E-state index in [-0.39, 0.29) is 11.6 Å². The van der Waals surface area contributed by atoms with Crippen molar-refractivity contribution in [1.29, 1.82) is 0 Å². The lowest BCUT2D eigenvalue weighted by atomic mass is 10.4. The zero-order chi connectivity index (χ0) is 11.1. The zero-order valence-corrected chi connectivity index (χ0v) is 7.52. The molecule has 15 heavy (non-hydrogen) atoms. The minimum atomic E-state index is 0.199. The van der Waals surface area contributed by atoms with Crippen LogP contribution in [0.2, 0.25) is 0 Å². The van der Waals surface area contributed by atoms with Gasteiger partial charge < -0.3 is 17.5 Å². The molecule has 1 rings (SSSR count). The minimum absolute atomic E-state index is 0.199. The third kappa shape index (κ3) is 2.95. The van der Waals surface area contributed by atoms with Gasteiger partial charge in [0, 0.05) is 12.1 Å². The van der Waals surface area contributed by atoms with E-state index in [4.69, 9.17) is 17.5 Å². The fraction of sp³-hybridized carbons (Fsp3) is 0. The van der Waals surface area contributed by atoms with Crippen molar-refractivity contribution in [2.24, 2.45) is 48.5 Å². The van der Waals surface area contributed by atoms with Crippen molar-refractivity contribution < 1.29 is 0 Å². The highest BCUT2D eigenvalue weighted by Gasteiger charge is 2.01. The maximum Gasteiger partial charge on any atom is 0.180 e. The number of hydrogen-bond donors (Lipinski definition) is 3. The highest BCUT2D eigenvalue weighted by Crippen LogP contribution is 2.24. The average Bonchev–Trinajstić information content (AvgIpc) is 2.19. The van der Waals surface area contributed by atoms with Gasteiger partial charge in [0.05, 0.1) is 5.69 Å². The van der Waals surface area contributed by atoms with Crippen LogP contribution in [-0.4, -0.2) is 4.98 Å². The van der Waals surface area contributed by atoms with Crippen LogP contribution >= 0.6 is 0 Å². The summed E-state index contributed by atoms with van der Waals surface area (Å²) >= 11 is 0. The summed E-state index contributed by atoms with van der Waals surface area (Å²) < 4.78 is 0. The second-order valence-corrected chi connectivity index (χ2v) is 2.19. The van der Waals surface area contributed by atoms with Crippen molar-refractivity contribution in [2.75, 3.05) is 0 Å². The van der Waals surface area contributed by atoms with Gasteiger partial charge in [0.2, 0.25) is 0 Å². The molecule has 1 aromatic rings. The number of hydrogen-bond acceptors (Lipinski definition) is 7. The molecule has 6 N–H and O–H groups in total. The summed E-state index contributed by atoms with van der Waals surface area (Å²) in [5, 5.41) is 19.8. The molecule has 0 atom stereocenters. The summed E-state index contributed by atoms with van der Waals surface area (Å²) in [4.78, 5) is 3.87. The van der Waals surface area contributed by atoms with Gasteiger partial charge in [0.1, 0.15) is 0 Å². The van der Waals surface area contributed by atoms with Crippen LogP contribution in [0, 0.1) is 0 Å². The molecular weight excluding hydrogens is 200 g/mol. The van der Waals surface area contributed by atoms with Gasteiger partial charge in [-0.25, -0.2) is 4.98 Å². The topological polar surface area (TPSA) is 165 Å². The van der Waals surface area contributed by atoms with Gasteiger partial charge in [-0.1, -0.05) is 15.7 Å². The van der Waals surface area contributed by atoms with E-state index in [2.05, 4.69) is 36.0 Å². The van der Waals surface area contributed by atoms with Crippen LogP contribution in [0.25, 0.3) is 0 Å². The van der Waals surface area contributed by atoms with Crippen LogP contribution in [-0.2, 0) is 0 Å². The number of nitrogens with zero attached hydrogens (tertiary/aromatic N) is 7. The molecule has 0 bridgehead atoms. The van der Waals surface area contributed by atoms with Crippen molar-refractivity contribution in [1.82, 2.24) is 4.98 Å². The van der Waals surface area contributed by atoms with Crippen molar-refractivity contribution in [3.63, 3.8) is 0 Å². The highest BCUT2D eigenvalue weighted by atomic mass is 15.4. The van der Waals surface area contributed by atoms with Crippen LogP contribution in [0.15, 0.2) is 43.1 Å². The molecule has 0 saturated heterocycles. The molecule has 0 fully saturated rings. The first kappa shape index (κ1) is 10.4. The van der Waals surface area contributed by atoms with Gasteiger partial charge in [0.15, 0.2) is 11.6 Å².